The number of aliphatic hydroxyl groups excluding tert-OH is 1. The van der Waals surface area contributed by atoms with Gasteiger partial charge in [0.05, 0.1) is 27.3 Å². The van der Waals surface area contributed by atoms with Crippen LogP contribution in [0, 0.1) is 0 Å². The lowest BCUT2D eigenvalue weighted by atomic mass is 9.95. The first-order valence-electron chi connectivity index (χ1n) is 9.20. The number of rotatable bonds is 3. The molecule has 1 aliphatic heterocycles. The van der Waals surface area contributed by atoms with E-state index < -0.39 is 6.10 Å². The van der Waals surface area contributed by atoms with Crippen molar-refractivity contribution in [3.8, 4) is 11.5 Å². The van der Waals surface area contributed by atoms with E-state index in [2.05, 4.69) is 17.4 Å². The number of anilines is 1. The fraction of sp³-hybridized carbons (Fsp3) is 0.381. The minimum atomic E-state index is -0.829. The summed E-state index contributed by atoms with van der Waals surface area (Å²) in [6, 6.07) is 9.43. The summed E-state index contributed by atoms with van der Waals surface area (Å²) in [5, 5.41) is 13.6. The maximum absolute atomic E-state index is 12.8. The van der Waals surface area contributed by atoms with Gasteiger partial charge in [-0.15, -0.1) is 0 Å². The largest absolute Gasteiger partial charge is 0.496 e. The van der Waals surface area contributed by atoms with Crippen LogP contribution in [0.4, 0.5) is 10.5 Å². The van der Waals surface area contributed by atoms with Crippen LogP contribution < -0.4 is 14.8 Å². The normalized spacial score (nSPS) is 17.9. The van der Waals surface area contributed by atoms with Crippen molar-refractivity contribution in [3.05, 3.63) is 52.6 Å². The van der Waals surface area contributed by atoms with Gasteiger partial charge in [0.2, 0.25) is 0 Å². The number of carbonyl (C=O) groups excluding carboxylic acids is 1. The average Bonchev–Trinajstić information content (AvgIpc) is 3.14. The van der Waals surface area contributed by atoms with E-state index in [9.17, 15) is 9.90 Å². The number of β-amino-alcohol motifs (C(OH)–C–C–N with tert-alkyl or cyclic N) is 1. The fourth-order valence-electron chi connectivity index (χ4n) is 4.08. The van der Waals surface area contributed by atoms with Gasteiger partial charge in [0.1, 0.15) is 17.6 Å². The summed E-state index contributed by atoms with van der Waals surface area (Å²) >= 11 is 0. The van der Waals surface area contributed by atoms with Gasteiger partial charge in [-0.3, -0.25) is 0 Å². The molecule has 2 aliphatic rings. The fourth-order valence-corrected chi connectivity index (χ4v) is 4.08. The van der Waals surface area contributed by atoms with Gasteiger partial charge in [-0.2, -0.15) is 0 Å². The Hall–Kier alpha value is -2.73. The van der Waals surface area contributed by atoms with Crippen LogP contribution in [0.1, 0.15) is 34.8 Å². The maximum atomic E-state index is 12.8. The monoisotopic (exact) mass is 368 g/mol. The Bertz CT molecular complexity index is 881. The molecular formula is C21H24N2O4. The molecule has 0 aromatic heterocycles. The van der Waals surface area contributed by atoms with E-state index in [1.807, 2.05) is 6.07 Å². The van der Waals surface area contributed by atoms with Crippen molar-refractivity contribution in [2.24, 2.45) is 0 Å². The van der Waals surface area contributed by atoms with E-state index in [0.717, 1.165) is 24.1 Å². The van der Waals surface area contributed by atoms with Gasteiger partial charge in [0.15, 0.2) is 0 Å². The summed E-state index contributed by atoms with van der Waals surface area (Å²) in [4.78, 5) is 14.4. The van der Waals surface area contributed by atoms with Crippen molar-refractivity contribution in [3.63, 3.8) is 0 Å². The van der Waals surface area contributed by atoms with Gasteiger partial charge in [0, 0.05) is 16.8 Å². The van der Waals surface area contributed by atoms with Crippen LogP contribution in [0.5, 0.6) is 11.5 Å². The number of methoxy groups -OCH3 is 2. The molecule has 0 fully saturated rings. The number of aliphatic hydroxyl groups is 1. The second-order valence-corrected chi connectivity index (χ2v) is 7.03. The minimum absolute atomic E-state index is 0.202. The number of hydrogen-bond donors (Lipinski definition) is 2. The lowest BCUT2D eigenvalue weighted by Crippen LogP contribution is -2.41. The highest BCUT2D eigenvalue weighted by Crippen LogP contribution is 2.39. The first-order valence-corrected chi connectivity index (χ1v) is 9.20. The number of fused-ring (bicyclic) bond motifs is 2. The van der Waals surface area contributed by atoms with Crippen molar-refractivity contribution < 1.29 is 19.4 Å². The zero-order chi connectivity index (χ0) is 19.0. The first-order chi connectivity index (χ1) is 13.1. The highest BCUT2D eigenvalue weighted by Gasteiger charge is 2.32. The zero-order valence-electron chi connectivity index (χ0n) is 15.6. The number of nitrogens with one attached hydrogen (secondary N) is 1. The van der Waals surface area contributed by atoms with E-state index in [4.69, 9.17) is 9.47 Å². The van der Waals surface area contributed by atoms with Gasteiger partial charge in [-0.05, 0) is 54.7 Å². The molecule has 6 heteroatoms. The topological polar surface area (TPSA) is 71.0 Å². The Morgan fingerprint density at radius 1 is 1.11 bits per heavy atom. The highest BCUT2D eigenvalue weighted by molar-refractivity contribution is 5.89. The van der Waals surface area contributed by atoms with Gasteiger partial charge in [0.25, 0.3) is 0 Å². The van der Waals surface area contributed by atoms with Crippen molar-refractivity contribution in [1.29, 1.82) is 0 Å². The lowest BCUT2D eigenvalue weighted by Gasteiger charge is -2.34. The van der Waals surface area contributed by atoms with Crippen molar-refractivity contribution in [2.45, 2.75) is 31.9 Å². The molecule has 1 aliphatic carbocycles. The average molecular weight is 368 g/mol. The lowest BCUT2D eigenvalue weighted by molar-refractivity contribution is 0.105. The molecule has 2 amide bonds. The number of nitrogens with zero attached hydrogens (tertiary/aromatic N) is 1. The Morgan fingerprint density at radius 2 is 1.85 bits per heavy atom. The van der Waals surface area contributed by atoms with Crippen molar-refractivity contribution >= 4 is 11.7 Å². The summed E-state index contributed by atoms with van der Waals surface area (Å²) < 4.78 is 10.8. The van der Waals surface area contributed by atoms with Gasteiger partial charge in [-0.1, -0.05) is 6.07 Å². The molecule has 0 saturated heterocycles. The molecule has 1 heterocycles. The third kappa shape index (κ3) is 3.21. The van der Waals surface area contributed by atoms with Crippen LogP contribution >= 0.6 is 0 Å². The number of urea groups is 1. The number of ether oxygens (including phenoxy) is 2. The zero-order valence-corrected chi connectivity index (χ0v) is 15.6. The smallest absolute Gasteiger partial charge is 0.322 e. The van der Waals surface area contributed by atoms with Crippen molar-refractivity contribution in [1.82, 2.24) is 4.90 Å². The van der Waals surface area contributed by atoms with Crippen LogP contribution in [0.15, 0.2) is 30.3 Å². The number of carbonyl (C=O) groups is 1. The van der Waals surface area contributed by atoms with Crippen LogP contribution in [0.3, 0.4) is 0 Å². The molecule has 0 spiro atoms. The predicted octanol–water partition coefficient (Wildman–Crippen LogP) is 3.27. The van der Waals surface area contributed by atoms with Crippen LogP contribution in [-0.4, -0.2) is 36.8 Å². The molecule has 2 aromatic carbocycles. The molecule has 142 valence electrons. The first kappa shape index (κ1) is 17.7. The molecule has 2 aromatic rings. The van der Waals surface area contributed by atoms with E-state index in [-0.39, 0.29) is 12.6 Å². The molecular weight excluding hydrogens is 344 g/mol. The van der Waals surface area contributed by atoms with Crippen LogP contribution in [-0.2, 0) is 19.4 Å². The summed E-state index contributed by atoms with van der Waals surface area (Å²) in [6.45, 7) is 0.552. The maximum Gasteiger partial charge on any atom is 0.322 e. The molecule has 0 saturated carbocycles. The predicted molar refractivity (Wildman–Crippen MR) is 102 cm³/mol. The van der Waals surface area contributed by atoms with E-state index in [1.54, 1.807) is 31.3 Å². The second-order valence-electron chi connectivity index (χ2n) is 7.03. The number of hydrogen-bond acceptors (Lipinski definition) is 4. The third-order valence-electron chi connectivity index (χ3n) is 5.43. The van der Waals surface area contributed by atoms with Crippen LogP contribution in [0.2, 0.25) is 0 Å². The van der Waals surface area contributed by atoms with Gasteiger partial charge in [-0.25, -0.2) is 4.79 Å². The third-order valence-corrected chi connectivity index (χ3v) is 5.43. The number of amides is 2. The highest BCUT2D eigenvalue weighted by atomic mass is 16.5. The Labute approximate surface area is 158 Å². The summed E-state index contributed by atoms with van der Waals surface area (Å²) in [7, 11) is 3.15. The van der Waals surface area contributed by atoms with E-state index in [0.29, 0.717) is 23.6 Å². The number of aryl methyl sites for hydroxylation is 2. The Morgan fingerprint density at radius 3 is 2.63 bits per heavy atom. The minimum Gasteiger partial charge on any atom is -0.496 e. The van der Waals surface area contributed by atoms with E-state index >= 15 is 0 Å². The molecule has 1 atom stereocenters. The summed E-state index contributed by atoms with van der Waals surface area (Å²) in [5.41, 5.74) is 4.94. The SMILES string of the molecule is COc1ccc(OC)c2c1CN(C(=O)Nc1ccc3c(c1)CCC3)C[C@H]2O. The van der Waals surface area contributed by atoms with E-state index in [1.165, 1.54) is 17.5 Å². The van der Waals surface area contributed by atoms with Crippen LogP contribution in [0.25, 0.3) is 0 Å². The Kier molecular flexibility index (Phi) is 4.66. The van der Waals surface area contributed by atoms with Gasteiger partial charge >= 0.3 is 6.03 Å². The molecule has 2 N–H and O–H groups in total. The molecule has 6 nitrogen and oxygen atoms in total. The van der Waals surface area contributed by atoms with Gasteiger partial charge < -0.3 is 24.8 Å². The molecule has 4 rings (SSSR count). The summed E-state index contributed by atoms with van der Waals surface area (Å²) in [5.74, 6) is 1.25. The molecule has 0 unspecified atom stereocenters. The molecule has 0 bridgehead atoms. The quantitative estimate of drug-likeness (QED) is 0.872. The second kappa shape index (κ2) is 7.12. The molecule has 27 heavy (non-hydrogen) atoms. The Balaban J connectivity index is 1.56. The summed E-state index contributed by atoms with van der Waals surface area (Å²) in [6.07, 6.45) is 2.51. The standard InChI is InChI=1S/C21H24N2O4/c1-26-18-8-9-19(27-2)20-16(18)11-23(12-17(20)24)21(25)22-15-7-6-13-4-3-5-14(13)10-15/h6-10,17,24H,3-5,11-12H2,1-2H3,(H,22,25)/t17-/m1/s1. The molecule has 0 radical (unpaired) electrons. The number of benzene rings is 2. The van der Waals surface area contributed by atoms with Crippen molar-refractivity contribution in [2.75, 3.05) is 26.1 Å².